The molecule has 2 saturated heterocycles. The minimum absolute atomic E-state index is 0.117. The van der Waals surface area contributed by atoms with Crippen molar-refractivity contribution in [3.8, 4) is 0 Å². The van der Waals surface area contributed by atoms with Crippen LogP contribution >= 0.6 is 0 Å². The van der Waals surface area contributed by atoms with E-state index in [2.05, 4.69) is 74.0 Å². The molecule has 0 saturated carbocycles. The second kappa shape index (κ2) is 23.5. The molecule has 0 spiro atoms. The number of ether oxygens (including phenoxy) is 3. The molecule has 2 rings (SSSR count). The SMILES string of the molecule is C=C1COCCN(C(=O)OC(C)(C)C)C1.CC(C)C.CC(C)C.CC(C)C.O=C(O)N1CCOC/C(=N/O)C1. The van der Waals surface area contributed by atoms with Crippen molar-refractivity contribution in [2.75, 3.05) is 52.6 Å². The number of amides is 2. The minimum Gasteiger partial charge on any atom is -0.465 e. The van der Waals surface area contributed by atoms with Crippen LogP contribution in [0.2, 0.25) is 0 Å². The summed E-state index contributed by atoms with van der Waals surface area (Å²) in [7, 11) is 0. The molecule has 0 radical (unpaired) electrons. The summed E-state index contributed by atoms with van der Waals surface area (Å²) in [5.41, 5.74) is 0.777. The van der Waals surface area contributed by atoms with Gasteiger partial charge in [0.25, 0.3) is 0 Å². The Balaban J connectivity index is -0.000000478. The van der Waals surface area contributed by atoms with Crippen molar-refractivity contribution in [2.45, 2.75) is 88.7 Å². The fraction of sp³-hybridized carbons (Fsp3) is 0.828. The molecule has 39 heavy (non-hydrogen) atoms. The van der Waals surface area contributed by atoms with Gasteiger partial charge in [-0.15, -0.1) is 0 Å². The van der Waals surface area contributed by atoms with Crippen molar-refractivity contribution in [1.82, 2.24) is 9.80 Å². The lowest BCUT2D eigenvalue weighted by molar-refractivity contribution is 0.0249. The molecule has 2 aliphatic rings. The highest BCUT2D eigenvalue weighted by Gasteiger charge is 2.23. The third-order valence-electron chi connectivity index (χ3n) is 3.44. The second-order valence-corrected chi connectivity index (χ2v) is 12.3. The largest absolute Gasteiger partial charge is 0.465 e. The summed E-state index contributed by atoms with van der Waals surface area (Å²) in [6.45, 7) is 32.0. The number of carboxylic acid groups (broad SMARTS) is 1. The van der Waals surface area contributed by atoms with E-state index in [4.69, 9.17) is 24.5 Å². The zero-order valence-electron chi connectivity index (χ0n) is 26.9. The molecule has 0 aromatic rings. The van der Waals surface area contributed by atoms with Crippen molar-refractivity contribution < 1.29 is 34.1 Å². The van der Waals surface area contributed by atoms with Crippen LogP contribution in [0.25, 0.3) is 0 Å². The average Bonchev–Trinajstić information content (AvgIpc) is 3.12. The Hall–Kier alpha value is -2.33. The normalized spacial score (nSPS) is 16.8. The molecule has 0 atom stereocenters. The maximum absolute atomic E-state index is 11.7. The predicted octanol–water partition coefficient (Wildman–Crippen LogP) is 6.62. The molecule has 2 fully saturated rings. The second-order valence-electron chi connectivity index (χ2n) is 12.3. The summed E-state index contributed by atoms with van der Waals surface area (Å²) >= 11 is 0. The smallest absolute Gasteiger partial charge is 0.410 e. The first-order chi connectivity index (χ1) is 17.8. The lowest BCUT2D eigenvalue weighted by Crippen LogP contribution is -2.38. The molecule has 2 aliphatic heterocycles. The maximum Gasteiger partial charge on any atom is 0.410 e. The van der Waals surface area contributed by atoms with Gasteiger partial charge in [-0.25, -0.2) is 9.59 Å². The first kappa shape index (κ1) is 41.2. The molecule has 0 bridgehead atoms. The van der Waals surface area contributed by atoms with Crippen molar-refractivity contribution in [2.24, 2.45) is 22.9 Å². The summed E-state index contributed by atoms with van der Waals surface area (Å²) in [4.78, 5) is 25.0. The summed E-state index contributed by atoms with van der Waals surface area (Å²) in [5, 5.41) is 19.9. The molecule has 0 aliphatic carbocycles. The molecular formula is C29H59N3O7. The van der Waals surface area contributed by atoms with E-state index in [1.165, 1.54) is 0 Å². The van der Waals surface area contributed by atoms with Gasteiger partial charge in [-0.3, -0.25) is 0 Å². The topological polar surface area (TPSA) is 121 Å². The average molecular weight is 562 g/mol. The zero-order chi connectivity index (χ0) is 31.2. The minimum atomic E-state index is -1.03. The van der Waals surface area contributed by atoms with E-state index in [1.54, 1.807) is 4.90 Å². The van der Waals surface area contributed by atoms with Crippen molar-refractivity contribution in [3.63, 3.8) is 0 Å². The Kier molecular flexibility index (Phi) is 24.9. The molecular weight excluding hydrogens is 502 g/mol. The van der Waals surface area contributed by atoms with Gasteiger partial charge >= 0.3 is 12.2 Å². The highest BCUT2D eigenvalue weighted by molar-refractivity contribution is 5.89. The fourth-order valence-electron chi connectivity index (χ4n) is 2.20. The van der Waals surface area contributed by atoms with Crippen LogP contribution in [0, 0.1) is 17.8 Å². The molecule has 0 aromatic carbocycles. The van der Waals surface area contributed by atoms with Crippen LogP contribution in [0.3, 0.4) is 0 Å². The van der Waals surface area contributed by atoms with Crippen LogP contribution in [0.15, 0.2) is 17.3 Å². The van der Waals surface area contributed by atoms with E-state index in [1.807, 2.05) is 20.8 Å². The van der Waals surface area contributed by atoms with Gasteiger partial charge < -0.3 is 34.3 Å². The van der Waals surface area contributed by atoms with Gasteiger partial charge in [-0.2, -0.15) is 0 Å². The third-order valence-corrected chi connectivity index (χ3v) is 3.44. The van der Waals surface area contributed by atoms with Gasteiger partial charge in [0.2, 0.25) is 0 Å². The van der Waals surface area contributed by atoms with Crippen LogP contribution in [0.5, 0.6) is 0 Å². The molecule has 0 aromatic heterocycles. The number of oxime groups is 1. The number of hydrogen-bond donors (Lipinski definition) is 2. The lowest BCUT2D eigenvalue weighted by Gasteiger charge is -2.26. The molecule has 2 N–H and O–H groups in total. The van der Waals surface area contributed by atoms with Gasteiger partial charge in [0.15, 0.2) is 0 Å². The Morgan fingerprint density at radius 1 is 0.846 bits per heavy atom. The maximum atomic E-state index is 11.7. The Bertz CT molecular complexity index is 664. The summed E-state index contributed by atoms with van der Waals surface area (Å²) < 4.78 is 15.5. The zero-order valence-corrected chi connectivity index (χ0v) is 26.9. The molecule has 10 heteroatoms. The van der Waals surface area contributed by atoms with Gasteiger partial charge in [0, 0.05) is 19.6 Å². The Labute approximate surface area is 238 Å². The summed E-state index contributed by atoms with van der Waals surface area (Å²) in [6, 6.07) is 0. The summed E-state index contributed by atoms with van der Waals surface area (Å²) in [5.74, 6) is 2.50. The molecule has 2 heterocycles. The van der Waals surface area contributed by atoms with Crippen LogP contribution in [-0.4, -0.2) is 96.2 Å². The number of carbonyl (C=O) groups excluding carboxylic acids is 1. The number of carbonyl (C=O) groups is 2. The van der Waals surface area contributed by atoms with Gasteiger partial charge in [0.1, 0.15) is 11.3 Å². The fourth-order valence-corrected chi connectivity index (χ4v) is 2.20. The standard InChI is InChI=1S/C11H19NO3.C6H10N2O4.3C4H10/c1-9-7-12(5-6-14-8-9)10(13)15-11(2,3)4;9-6(10)8-1-2-12-4-5(3-8)7-11;3*1-4(2)3/h1,5-8H2,2-4H3;11H,1-4H2,(H,9,10);3*4H,1-3H3/b;7-5+;;;. The van der Waals surface area contributed by atoms with Crippen molar-refractivity contribution >= 4 is 17.9 Å². The monoisotopic (exact) mass is 561 g/mol. The van der Waals surface area contributed by atoms with Crippen LogP contribution < -0.4 is 0 Å². The van der Waals surface area contributed by atoms with Crippen molar-refractivity contribution in [3.05, 3.63) is 12.2 Å². The highest BCUT2D eigenvalue weighted by atomic mass is 16.6. The Morgan fingerprint density at radius 2 is 1.26 bits per heavy atom. The number of hydrogen-bond acceptors (Lipinski definition) is 7. The first-order valence-electron chi connectivity index (χ1n) is 13.8. The van der Waals surface area contributed by atoms with E-state index >= 15 is 0 Å². The van der Waals surface area contributed by atoms with Crippen LogP contribution in [-0.2, 0) is 14.2 Å². The number of nitrogens with zero attached hydrogens (tertiary/aromatic N) is 3. The number of rotatable bonds is 0. The molecule has 0 unspecified atom stereocenters. The molecule has 232 valence electrons. The van der Waals surface area contributed by atoms with E-state index in [9.17, 15) is 9.59 Å². The van der Waals surface area contributed by atoms with Gasteiger partial charge in [0.05, 0.1) is 33.0 Å². The van der Waals surface area contributed by atoms with E-state index in [-0.39, 0.29) is 19.2 Å². The molecule has 10 nitrogen and oxygen atoms in total. The lowest BCUT2D eigenvalue weighted by atomic mass is 10.2. The van der Waals surface area contributed by atoms with Gasteiger partial charge in [-0.05, 0) is 44.1 Å². The van der Waals surface area contributed by atoms with Gasteiger partial charge in [-0.1, -0.05) is 74.0 Å². The van der Waals surface area contributed by atoms with E-state index in [0.717, 1.165) is 28.2 Å². The molecule has 2 amide bonds. The van der Waals surface area contributed by atoms with Crippen LogP contribution in [0.4, 0.5) is 9.59 Å². The Morgan fingerprint density at radius 3 is 1.64 bits per heavy atom. The quantitative estimate of drug-likeness (QED) is 0.193. The highest BCUT2D eigenvalue weighted by Crippen LogP contribution is 2.12. The summed E-state index contributed by atoms with van der Waals surface area (Å²) in [6.07, 6.45) is -1.32. The third kappa shape index (κ3) is 33.6. The van der Waals surface area contributed by atoms with Crippen molar-refractivity contribution in [1.29, 1.82) is 0 Å². The van der Waals surface area contributed by atoms with E-state index in [0.29, 0.717) is 45.2 Å². The first-order valence-corrected chi connectivity index (χ1v) is 13.8. The van der Waals surface area contributed by atoms with E-state index < -0.39 is 11.7 Å². The van der Waals surface area contributed by atoms with Crippen LogP contribution in [0.1, 0.15) is 83.1 Å². The predicted molar refractivity (Wildman–Crippen MR) is 159 cm³/mol.